The van der Waals surface area contributed by atoms with E-state index in [0.29, 0.717) is 21.0 Å². The Kier molecular flexibility index (Phi) is 11.4. The highest BCUT2D eigenvalue weighted by molar-refractivity contribution is 7.92. The van der Waals surface area contributed by atoms with Crippen molar-refractivity contribution in [1.29, 1.82) is 0 Å². The van der Waals surface area contributed by atoms with Crippen molar-refractivity contribution in [3.05, 3.63) is 92.9 Å². The summed E-state index contributed by atoms with van der Waals surface area (Å²) in [6.45, 7) is 3.99. The van der Waals surface area contributed by atoms with Crippen LogP contribution in [0.15, 0.2) is 71.6 Å². The highest BCUT2D eigenvalue weighted by atomic mass is 35.5. The maximum Gasteiger partial charge on any atom is 0.417 e. The van der Waals surface area contributed by atoms with Gasteiger partial charge < -0.3 is 10.2 Å². The van der Waals surface area contributed by atoms with Gasteiger partial charge in [-0.15, -0.1) is 0 Å². The summed E-state index contributed by atoms with van der Waals surface area (Å²) >= 11 is 18.2. The molecular formula is C29H29Cl3F3N3O4S. The van der Waals surface area contributed by atoms with Crippen LogP contribution in [0.4, 0.5) is 18.9 Å². The molecule has 0 saturated carbocycles. The van der Waals surface area contributed by atoms with Gasteiger partial charge in [0.25, 0.3) is 10.0 Å². The fourth-order valence-electron chi connectivity index (χ4n) is 4.27. The van der Waals surface area contributed by atoms with Crippen LogP contribution in [-0.4, -0.2) is 43.8 Å². The summed E-state index contributed by atoms with van der Waals surface area (Å²) in [6, 6.07) is 12.7. The van der Waals surface area contributed by atoms with Gasteiger partial charge in [-0.2, -0.15) is 13.2 Å². The van der Waals surface area contributed by atoms with E-state index in [-0.39, 0.29) is 28.9 Å². The first-order valence-corrected chi connectivity index (χ1v) is 15.6. The molecule has 3 aromatic rings. The smallest absolute Gasteiger partial charge is 0.352 e. The quantitative estimate of drug-likeness (QED) is 0.233. The summed E-state index contributed by atoms with van der Waals surface area (Å²) in [6.07, 6.45) is -4.76. The number of rotatable bonds is 11. The highest BCUT2D eigenvalue weighted by Gasteiger charge is 2.37. The van der Waals surface area contributed by atoms with E-state index in [1.807, 2.05) is 0 Å². The molecule has 0 aliphatic carbocycles. The lowest BCUT2D eigenvalue weighted by Crippen LogP contribution is -2.53. The highest BCUT2D eigenvalue weighted by Crippen LogP contribution is 2.38. The summed E-state index contributed by atoms with van der Waals surface area (Å²) in [5.41, 5.74) is -1.31. The first-order valence-electron chi connectivity index (χ1n) is 13.0. The van der Waals surface area contributed by atoms with Crippen molar-refractivity contribution in [1.82, 2.24) is 10.2 Å². The molecule has 14 heteroatoms. The van der Waals surface area contributed by atoms with Gasteiger partial charge in [0, 0.05) is 22.6 Å². The monoisotopic (exact) mass is 677 g/mol. The molecule has 0 fully saturated rings. The number of halogens is 6. The van der Waals surface area contributed by atoms with Gasteiger partial charge in [0.1, 0.15) is 12.6 Å². The molecule has 0 aromatic heterocycles. The molecule has 0 aliphatic heterocycles. The zero-order valence-electron chi connectivity index (χ0n) is 23.3. The van der Waals surface area contributed by atoms with Gasteiger partial charge in [-0.3, -0.25) is 13.9 Å². The summed E-state index contributed by atoms with van der Waals surface area (Å²) in [5.74, 6) is -1.36. The van der Waals surface area contributed by atoms with E-state index >= 15 is 0 Å². The zero-order chi connectivity index (χ0) is 32.1. The minimum Gasteiger partial charge on any atom is -0.352 e. The average molecular weight is 679 g/mol. The Morgan fingerprint density at radius 3 is 2.14 bits per heavy atom. The predicted molar refractivity (Wildman–Crippen MR) is 162 cm³/mol. The Labute approximate surface area is 263 Å². The van der Waals surface area contributed by atoms with E-state index in [2.05, 4.69) is 5.32 Å². The Balaban J connectivity index is 2.16. The Morgan fingerprint density at radius 1 is 0.930 bits per heavy atom. The maximum atomic E-state index is 14.0. The molecule has 3 rings (SSSR count). The van der Waals surface area contributed by atoms with Gasteiger partial charge in [-0.05, 0) is 68.3 Å². The number of benzene rings is 3. The summed E-state index contributed by atoms with van der Waals surface area (Å²) in [5, 5.41) is 2.64. The molecule has 3 aromatic carbocycles. The van der Waals surface area contributed by atoms with E-state index in [1.165, 1.54) is 30.3 Å². The second kappa shape index (κ2) is 14.2. The van der Waals surface area contributed by atoms with Gasteiger partial charge in [0.05, 0.1) is 21.2 Å². The van der Waals surface area contributed by atoms with Crippen LogP contribution in [0.25, 0.3) is 0 Å². The summed E-state index contributed by atoms with van der Waals surface area (Å²) in [7, 11) is -4.58. The van der Waals surface area contributed by atoms with Crippen molar-refractivity contribution in [2.24, 2.45) is 0 Å². The van der Waals surface area contributed by atoms with Crippen LogP contribution in [0.1, 0.15) is 38.3 Å². The van der Waals surface area contributed by atoms with Crippen LogP contribution in [0.5, 0.6) is 0 Å². The number of hydrogen-bond acceptors (Lipinski definition) is 4. The SMILES string of the molecule is CC[C@@H](C(=O)NC(C)C)N(Cc1ccc(Cl)cc1Cl)C(=O)CN(c1ccc(Cl)c(C(F)(F)F)c1)S(=O)(=O)c1ccccc1. The molecular weight excluding hydrogens is 650 g/mol. The van der Waals surface area contributed by atoms with Gasteiger partial charge in [-0.1, -0.05) is 66.0 Å². The van der Waals surface area contributed by atoms with E-state index in [9.17, 15) is 31.2 Å². The largest absolute Gasteiger partial charge is 0.417 e. The second-order valence-corrected chi connectivity index (χ2v) is 12.9. The Morgan fingerprint density at radius 2 is 1.58 bits per heavy atom. The molecule has 0 saturated heterocycles. The zero-order valence-corrected chi connectivity index (χ0v) is 26.4. The Bertz CT molecular complexity index is 1570. The average Bonchev–Trinajstić information content (AvgIpc) is 2.92. The summed E-state index contributed by atoms with van der Waals surface area (Å²) in [4.78, 5) is 28.1. The first kappa shape index (κ1) is 34.5. The van der Waals surface area contributed by atoms with Crippen LogP contribution in [0, 0.1) is 0 Å². The van der Waals surface area contributed by atoms with Crippen molar-refractivity contribution < 1.29 is 31.2 Å². The van der Waals surface area contributed by atoms with Crippen molar-refractivity contribution >= 4 is 62.3 Å². The lowest BCUT2D eigenvalue weighted by atomic mass is 10.1. The minimum absolute atomic E-state index is 0.139. The number of nitrogens with zero attached hydrogens (tertiary/aromatic N) is 2. The molecule has 0 radical (unpaired) electrons. The molecule has 232 valence electrons. The second-order valence-electron chi connectivity index (χ2n) is 9.83. The molecule has 0 heterocycles. The third-order valence-corrected chi connectivity index (χ3v) is 9.03. The van der Waals surface area contributed by atoms with Gasteiger partial charge in [0.2, 0.25) is 11.8 Å². The van der Waals surface area contributed by atoms with Crippen LogP contribution >= 0.6 is 34.8 Å². The number of amides is 2. The number of alkyl halides is 3. The first-order chi connectivity index (χ1) is 20.1. The number of hydrogen-bond donors (Lipinski definition) is 1. The summed E-state index contributed by atoms with van der Waals surface area (Å²) < 4.78 is 69.5. The van der Waals surface area contributed by atoms with Crippen molar-refractivity contribution in [3.8, 4) is 0 Å². The lowest BCUT2D eigenvalue weighted by molar-refractivity contribution is -0.140. The Hall–Kier alpha value is -2.99. The fraction of sp³-hybridized carbons (Fsp3) is 0.310. The van der Waals surface area contributed by atoms with Crippen molar-refractivity contribution in [3.63, 3.8) is 0 Å². The maximum absolute atomic E-state index is 14.0. The topological polar surface area (TPSA) is 86.8 Å². The third kappa shape index (κ3) is 8.56. The van der Waals surface area contributed by atoms with Crippen LogP contribution < -0.4 is 9.62 Å². The van der Waals surface area contributed by atoms with E-state index in [4.69, 9.17) is 34.8 Å². The standard InChI is InChI=1S/C29H29Cl3F3N3O4S/c1-4-26(28(40)36-18(2)3)37(16-19-10-11-20(30)14-25(19)32)27(39)17-38(43(41,42)22-8-6-5-7-9-22)21-12-13-24(31)23(15-21)29(33,34)35/h5-15,18,26H,4,16-17H2,1-3H3,(H,36,40)/t26-/m0/s1. The number of nitrogens with one attached hydrogen (secondary N) is 1. The molecule has 7 nitrogen and oxygen atoms in total. The van der Waals surface area contributed by atoms with Gasteiger partial charge in [0.15, 0.2) is 0 Å². The number of carbonyl (C=O) groups is 2. The van der Waals surface area contributed by atoms with Gasteiger partial charge in [-0.25, -0.2) is 8.42 Å². The molecule has 0 unspecified atom stereocenters. The van der Waals surface area contributed by atoms with E-state index in [0.717, 1.165) is 17.0 Å². The number of anilines is 1. The molecule has 0 spiro atoms. The number of sulfonamides is 1. The van der Waals surface area contributed by atoms with Crippen LogP contribution in [-0.2, 0) is 32.3 Å². The van der Waals surface area contributed by atoms with Crippen LogP contribution in [0.3, 0.4) is 0 Å². The van der Waals surface area contributed by atoms with E-state index in [1.54, 1.807) is 39.0 Å². The van der Waals surface area contributed by atoms with Crippen molar-refractivity contribution in [2.45, 2.75) is 56.9 Å². The molecule has 43 heavy (non-hydrogen) atoms. The molecule has 1 atom stereocenters. The number of carbonyl (C=O) groups excluding carboxylic acids is 2. The fourth-order valence-corrected chi connectivity index (χ4v) is 6.39. The molecule has 0 aliphatic rings. The van der Waals surface area contributed by atoms with Gasteiger partial charge >= 0.3 is 6.18 Å². The molecule has 0 bridgehead atoms. The molecule has 1 N–H and O–H groups in total. The lowest BCUT2D eigenvalue weighted by Gasteiger charge is -2.34. The van der Waals surface area contributed by atoms with Crippen molar-refractivity contribution in [2.75, 3.05) is 10.8 Å². The van der Waals surface area contributed by atoms with Crippen LogP contribution in [0.2, 0.25) is 15.1 Å². The minimum atomic E-state index is -4.90. The third-order valence-electron chi connectivity index (χ3n) is 6.33. The van der Waals surface area contributed by atoms with E-state index < -0.39 is 56.9 Å². The predicted octanol–water partition coefficient (Wildman–Crippen LogP) is 7.19. The molecule has 2 amide bonds. The normalized spacial score (nSPS) is 12.6.